The van der Waals surface area contributed by atoms with E-state index in [9.17, 15) is 8.42 Å². The quantitative estimate of drug-likeness (QED) is 0.741. The van der Waals surface area contributed by atoms with Gasteiger partial charge in [-0.1, -0.05) is 24.3 Å². The van der Waals surface area contributed by atoms with Crippen molar-refractivity contribution in [2.45, 2.75) is 56.3 Å². The standard InChI is InChI=1S/C19H23FN2O3S/c1-26(23,24)25-14-6-9-19(20,10-7-14)11-8-17-15-4-2-3-5-16(15)18-12-21-13-22(17)18/h2-5,12-14,17H,6-11H2,1H3. The van der Waals surface area contributed by atoms with Crippen LogP contribution in [0.1, 0.15) is 50.1 Å². The van der Waals surface area contributed by atoms with Gasteiger partial charge in [0.2, 0.25) is 0 Å². The highest BCUT2D eigenvalue weighted by molar-refractivity contribution is 7.86. The Bertz CT molecular complexity index is 901. The predicted octanol–water partition coefficient (Wildman–Crippen LogP) is 3.86. The van der Waals surface area contributed by atoms with Crippen LogP contribution in [0.25, 0.3) is 11.3 Å². The molecule has 4 rings (SSSR count). The Morgan fingerprint density at radius 1 is 1.31 bits per heavy atom. The minimum atomic E-state index is -3.48. The highest BCUT2D eigenvalue weighted by atomic mass is 32.2. The Labute approximate surface area is 153 Å². The molecule has 0 bridgehead atoms. The molecule has 1 aliphatic heterocycles. The van der Waals surface area contributed by atoms with Crippen LogP contribution in [-0.2, 0) is 14.3 Å². The number of nitrogens with zero attached hydrogens (tertiary/aromatic N) is 2. The van der Waals surface area contributed by atoms with E-state index in [4.69, 9.17) is 4.18 Å². The fourth-order valence-corrected chi connectivity index (χ4v) is 5.01. The van der Waals surface area contributed by atoms with E-state index in [1.165, 1.54) is 11.1 Å². The zero-order chi connectivity index (χ0) is 18.4. The lowest BCUT2D eigenvalue weighted by Gasteiger charge is -2.34. The summed E-state index contributed by atoms with van der Waals surface area (Å²) in [5.41, 5.74) is 2.23. The van der Waals surface area contributed by atoms with Crippen molar-refractivity contribution in [2.24, 2.45) is 0 Å². The van der Waals surface area contributed by atoms with Crippen molar-refractivity contribution in [3.63, 3.8) is 0 Å². The highest BCUT2D eigenvalue weighted by Gasteiger charge is 2.38. The minimum Gasteiger partial charge on any atom is -0.323 e. The van der Waals surface area contributed by atoms with Gasteiger partial charge in [-0.05, 0) is 44.1 Å². The van der Waals surface area contributed by atoms with E-state index in [1.54, 1.807) is 0 Å². The lowest BCUT2D eigenvalue weighted by Crippen LogP contribution is -2.34. The van der Waals surface area contributed by atoms with Gasteiger partial charge in [-0.15, -0.1) is 0 Å². The monoisotopic (exact) mass is 378 g/mol. The first-order valence-corrected chi connectivity index (χ1v) is 10.8. The summed E-state index contributed by atoms with van der Waals surface area (Å²) in [6, 6.07) is 8.33. The van der Waals surface area contributed by atoms with Crippen LogP contribution >= 0.6 is 0 Å². The zero-order valence-corrected chi connectivity index (χ0v) is 15.6. The maximum Gasteiger partial charge on any atom is 0.264 e. The molecular formula is C19H23FN2O3S. The van der Waals surface area contributed by atoms with E-state index in [1.807, 2.05) is 24.7 Å². The SMILES string of the molecule is CS(=O)(=O)OC1CCC(F)(CCC2c3ccccc3-c3cncn32)CC1. The molecule has 2 aliphatic rings. The maximum atomic E-state index is 15.3. The smallest absolute Gasteiger partial charge is 0.264 e. The van der Waals surface area contributed by atoms with E-state index in [2.05, 4.69) is 21.7 Å². The first-order valence-electron chi connectivity index (χ1n) is 9.03. The van der Waals surface area contributed by atoms with Crippen molar-refractivity contribution in [2.75, 3.05) is 6.26 Å². The molecule has 1 aromatic heterocycles. The van der Waals surface area contributed by atoms with Crippen molar-refractivity contribution in [1.29, 1.82) is 0 Å². The number of hydrogen-bond acceptors (Lipinski definition) is 4. The first-order chi connectivity index (χ1) is 12.3. The molecule has 1 saturated carbocycles. The number of halogens is 1. The summed E-state index contributed by atoms with van der Waals surface area (Å²) in [4.78, 5) is 4.24. The molecule has 1 aromatic carbocycles. The van der Waals surface area contributed by atoms with Gasteiger partial charge in [0.1, 0.15) is 5.67 Å². The Morgan fingerprint density at radius 3 is 2.77 bits per heavy atom. The number of rotatable bonds is 5. The van der Waals surface area contributed by atoms with Crippen LogP contribution in [0, 0.1) is 0 Å². The number of imidazole rings is 1. The maximum absolute atomic E-state index is 15.3. The van der Waals surface area contributed by atoms with Gasteiger partial charge < -0.3 is 4.57 Å². The number of alkyl halides is 1. The van der Waals surface area contributed by atoms with Crippen molar-refractivity contribution in [3.8, 4) is 11.3 Å². The molecule has 5 nitrogen and oxygen atoms in total. The van der Waals surface area contributed by atoms with Gasteiger partial charge >= 0.3 is 0 Å². The van der Waals surface area contributed by atoms with Gasteiger partial charge in [0.25, 0.3) is 10.1 Å². The molecule has 0 amide bonds. The number of aromatic nitrogens is 2. The van der Waals surface area contributed by atoms with Gasteiger partial charge in [0.05, 0.1) is 36.6 Å². The molecule has 0 spiro atoms. The normalized spacial score (nSPS) is 27.9. The minimum absolute atomic E-state index is 0.112. The predicted molar refractivity (Wildman–Crippen MR) is 97.1 cm³/mol. The summed E-state index contributed by atoms with van der Waals surface area (Å²) >= 11 is 0. The largest absolute Gasteiger partial charge is 0.323 e. The first kappa shape index (κ1) is 17.7. The molecule has 0 N–H and O–H groups in total. The van der Waals surface area contributed by atoms with E-state index < -0.39 is 15.8 Å². The van der Waals surface area contributed by atoms with Crippen LogP contribution < -0.4 is 0 Å². The number of hydrogen-bond donors (Lipinski definition) is 0. The van der Waals surface area contributed by atoms with Crippen LogP contribution in [0.3, 0.4) is 0 Å². The second-order valence-corrected chi connectivity index (χ2v) is 9.08. The lowest BCUT2D eigenvalue weighted by molar-refractivity contribution is 0.0384. The summed E-state index contributed by atoms with van der Waals surface area (Å²) in [6.07, 6.45) is 7.08. The third kappa shape index (κ3) is 3.42. The number of benzene rings is 1. The Balaban J connectivity index is 1.42. The summed E-state index contributed by atoms with van der Waals surface area (Å²) in [6.45, 7) is 0. The molecule has 1 atom stereocenters. The van der Waals surface area contributed by atoms with E-state index in [-0.39, 0.29) is 12.1 Å². The van der Waals surface area contributed by atoms with Crippen LogP contribution in [0.5, 0.6) is 0 Å². The average molecular weight is 378 g/mol. The van der Waals surface area contributed by atoms with E-state index in [0.29, 0.717) is 38.5 Å². The lowest BCUT2D eigenvalue weighted by atomic mass is 9.80. The second-order valence-electron chi connectivity index (χ2n) is 7.48. The number of fused-ring (bicyclic) bond motifs is 3. The van der Waals surface area contributed by atoms with Crippen LogP contribution in [0.15, 0.2) is 36.8 Å². The summed E-state index contributed by atoms with van der Waals surface area (Å²) < 4.78 is 44.9. The van der Waals surface area contributed by atoms with E-state index >= 15 is 4.39 Å². The van der Waals surface area contributed by atoms with E-state index in [0.717, 1.165) is 11.9 Å². The van der Waals surface area contributed by atoms with Gasteiger partial charge in [0.15, 0.2) is 0 Å². The zero-order valence-electron chi connectivity index (χ0n) is 14.8. The molecule has 2 aromatic rings. The van der Waals surface area contributed by atoms with Gasteiger partial charge in [0, 0.05) is 5.56 Å². The third-order valence-electron chi connectivity index (χ3n) is 5.60. The molecule has 26 heavy (non-hydrogen) atoms. The topological polar surface area (TPSA) is 61.2 Å². The molecule has 140 valence electrons. The van der Waals surface area contributed by atoms with Crippen molar-refractivity contribution in [1.82, 2.24) is 9.55 Å². The van der Waals surface area contributed by atoms with Crippen molar-refractivity contribution >= 4 is 10.1 Å². The molecule has 0 saturated heterocycles. The molecule has 1 unspecified atom stereocenters. The van der Waals surface area contributed by atoms with Crippen molar-refractivity contribution in [3.05, 3.63) is 42.4 Å². The molecule has 1 aliphatic carbocycles. The summed E-state index contributed by atoms with van der Waals surface area (Å²) in [5.74, 6) is 0. The van der Waals surface area contributed by atoms with Gasteiger partial charge in [-0.3, -0.25) is 4.18 Å². The molecule has 7 heteroatoms. The molecule has 0 radical (unpaired) electrons. The summed E-state index contributed by atoms with van der Waals surface area (Å²) in [5, 5.41) is 0. The van der Waals surface area contributed by atoms with Crippen LogP contribution in [0.4, 0.5) is 4.39 Å². The Morgan fingerprint density at radius 2 is 2.04 bits per heavy atom. The van der Waals surface area contributed by atoms with Crippen LogP contribution in [-0.4, -0.2) is 36.0 Å². The second kappa shape index (κ2) is 6.46. The summed E-state index contributed by atoms with van der Waals surface area (Å²) in [7, 11) is -3.48. The van der Waals surface area contributed by atoms with Crippen LogP contribution in [0.2, 0.25) is 0 Å². The Hall–Kier alpha value is -1.73. The third-order valence-corrected chi connectivity index (χ3v) is 6.22. The van der Waals surface area contributed by atoms with Gasteiger partial charge in [-0.2, -0.15) is 8.42 Å². The molecular weight excluding hydrogens is 355 g/mol. The highest BCUT2D eigenvalue weighted by Crippen LogP contribution is 2.44. The molecule has 2 heterocycles. The molecule has 1 fully saturated rings. The van der Waals surface area contributed by atoms with Crippen molar-refractivity contribution < 1.29 is 17.0 Å². The fraction of sp³-hybridized carbons (Fsp3) is 0.526. The fourth-order valence-electron chi connectivity index (χ4n) is 4.32. The average Bonchev–Trinajstić information content (AvgIpc) is 3.16. The Kier molecular flexibility index (Phi) is 4.39. The van der Waals surface area contributed by atoms with Gasteiger partial charge in [-0.25, -0.2) is 9.37 Å².